The minimum Gasteiger partial charge on any atom is -0.407 e. The smallest absolute Gasteiger partial charge is 0.407 e. The van der Waals surface area contributed by atoms with Crippen molar-refractivity contribution < 1.29 is 14.1 Å². The van der Waals surface area contributed by atoms with Crippen LogP contribution in [0.15, 0.2) is 45.6 Å². The summed E-state index contributed by atoms with van der Waals surface area (Å²) < 4.78 is 6.43. The number of nitro benzene ring substituents is 1. The zero-order valence-corrected chi connectivity index (χ0v) is 14.7. The molecular formula is C18H18N4O5. The van der Waals surface area contributed by atoms with Crippen LogP contribution in [-0.4, -0.2) is 20.4 Å². The molecule has 0 aliphatic carbocycles. The van der Waals surface area contributed by atoms with E-state index in [-0.39, 0.29) is 30.1 Å². The summed E-state index contributed by atoms with van der Waals surface area (Å²) in [6.07, 6.45) is 0.663. The molecule has 0 spiro atoms. The van der Waals surface area contributed by atoms with Gasteiger partial charge < -0.3 is 9.73 Å². The van der Waals surface area contributed by atoms with E-state index in [2.05, 4.69) is 10.3 Å². The van der Waals surface area contributed by atoms with Crippen LogP contribution in [0.5, 0.6) is 0 Å². The van der Waals surface area contributed by atoms with Crippen molar-refractivity contribution in [2.75, 3.05) is 0 Å². The van der Waals surface area contributed by atoms with Gasteiger partial charge in [-0.2, -0.15) is 0 Å². The SMILES string of the molecule is Cc1cccc(CNC(=O)CCCn2c(=O)oc3cc([N+](=O)[O-])ccc32)n1. The molecule has 2 heterocycles. The van der Waals surface area contributed by atoms with Crippen LogP contribution in [0.2, 0.25) is 0 Å². The Morgan fingerprint density at radius 3 is 2.89 bits per heavy atom. The van der Waals surface area contributed by atoms with Crippen LogP contribution in [-0.2, 0) is 17.9 Å². The topological polar surface area (TPSA) is 120 Å². The van der Waals surface area contributed by atoms with Gasteiger partial charge in [0.1, 0.15) is 0 Å². The summed E-state index contributed by atoms with van der Waals surface area (Å²) >= 11 is 0. The molecule has 0 saturated carbocycles. The van der Waals surface area contributed by atoms with E-state index in [1.165, 1.54) is 22.8 Å². The zero-order chi connectivity index (χ0) is 19.4. The molecule has 0 aliphatic rings. The number of benzene rings is 1. The number of fused-ring (bicyclic) bond motifs is 1. The van der Waals surface area contributed by atoms with Crippen LogP contribution in [0.25, 0.3) is 11.1 Å². The van der Waals surface area contributed by atoms with Gasteiger partial charge in [-0.3, -0.25) is 24.5 Å². The molecule has 0 bridgehead atoms. The van der Waals surface area contributed by atoms with Gasteiger partial charge in [0.25, 0.3) is 5.69 Å². The number of non-ortho nitro benzene ring substituents is 1. The number of hydrogen-bond donors (Lipinski definition) is 1. The van der Waals surface area contributed by atoms with Gasteiger partial charge in [-0.25, -0.2) is 4.79 Å². The molecule has 27 heavy (non-hydrogen) atoms. The van der Waals surface area contributed by atoms with Crippen LogP contribution in [0.1, 0.15) is 24.2 Å². The second-order valence-corrected chi connectivity index (χ2v) is 6.08. The Kier molecular flexibility index (Phi) is 5.30. The predicted octanol–water partition coefficient (Wildman–Crippen LogP) is 2.30. The molecule has 3 rings (SSSR count). The monoisotopic (exact) mass is 370 g/mol. The Morgan fingerprint density at radius 1 is 1.33 bits per heavy atom. The fourth-order valence-electron chi connectivity index (χ4n) is 2.75. The van der Waals surface area contributed by atoms with Crippen molar-refractivity contribution in [2.45, 2.75) is 32.9 Å². The van der Waals surface area contributed by atoms with Crippen molar-refractivity contribution in [2.24, 2.45) is 0 Å². The molecular weight excluding hydrogens is 352 g/mol. The summed E-state index contributed by atoms with van der Waals surface area (Å²) in [6, 6.07) is 9.60. The first kappa shape index (κ1) is 18.3. The molecule has 1 N–H and O–H groups in total. The van der Waals surface area contributed by atoms with Crippen molar-refractivity contribution >= 4 is 22.7 Å². The summed E-state index contributed by atoms with van der Waals surface area (Å²) in [5.41, 5.74) is 2.14. The van der Waals surface area contributed by atoms with Crippen LogP contribution in [0.4, 0.5) is 5.69 Å². The Hall–Kier alpha value is -3.49. The highest BCUT2D eigenvalue weighted by molar-refractivity contribution is 5.76. The second-order valence-electron chi connectivity index (χ2n) is 6.08. The number of carbonyl (C=O) groups is 1. The van der Waals surface area contributed by atoms with Gasteiger partial charge in [-0.15, -0.1) is 0 Å². The maximum atomic E-state index is 12.0. The van der Waals surface area contributed by atoms with Gasteiger partial charge in [-0.1, -0.05) is 6.07 Å². The number of aromatic nitrogens is 2. The number of aryl methyl sites for hydroxylation is 2. The van der Waals surface area contributed by atoms with Crippen molar-refractivity contribution in [1.29, 1.82) is 0 Å². The average Bonchev–Trinajstić information content (AvgIpc) is 2.94. The van der Waals surface area contributed by atoms with Gasteiger partial charge in [0, 0.05) is 24.7 Å². The molecule has 9 nitrogen and oxygen atoms in total. The summed E-state index contributed by atoms with van der Waals surface area (Å²) in [5.74, 6) is -0.746. The van der Waals surface area contributed by atoms with E-state index in [4.69, 9.17) is 4.42 Å². The lowest BCUT2D eigenvalue weighted by Gasteiger charge is -2.06. The predicted molar refractivity (Wildman–Crippen MR) is 97.2 cm³/mol. The lowest BCUT2D eigenvalue weighted by atomic mass is 10.2. The molecule has 3 aromatic rings. The standard InChI is InChI=1S/C18H18N4O5/c1-12-4-2-5-13(20-12)11-19-17(23)6-3-9-21-15-8-7-14(22(25)26)10-16(15)27-18(21)24/h2,4-5,7-8,10H,3,6,9,11H2,1H3,(H,19,23). The number of oxazole rings is 1. The van der Waals surface area contributed by atoms with Gasteiger partial charge in [0.2, 0.25) is 5.91 Å². The van der Waals surface area contributed by atoms with Crippen molar-refractivity contribution in [3.63, 3.8) is 0 Å². The van der Waals surface area contributed by atoms with Gasteiger partial charge in [0.15, 0.2) is 5.58 Å². The number of nitrogens with one attached hydrogen (secondary N) is 1. The lowest BCUT2D eigenvalue weighted by molar-refractivity contribution is -0.384. The van der Waals surface area contributed by atoms with Crippen molar-refractivity contribution in [3.8, 4) is 0 Å². The van der Waals surface area contributed by atoms with Crippen LogP contribution < -0.4 is 11.1 Å². The molecule has 0 aliphatic heterocycles. The molecule has 9 heteroatoms. The normalized spacial score (nSPS) is 10.9. The third-order valence-electron chi connectivity index (χ3n) is 4.06. The molecule has 0 fully saturated rings. The first-order valence-corrected chi connectivity index (χ1v) is 8.41. The molecule has 2 aromatic heterocycles. The first-order chi connectivity index (χ1) is 12.9. The molecule has 0 atom stereocenters. The summed E-state index contributed by atoms with van der Waals surface area (Å²) in [7, 11) is 0. The Labute approximate surface area is 153 Å². The van der Waals surface area contributed by atoms with E-state index in [1.54, 1.807) is 0 Å². The minimum absolute atomic E-state index is 0.144. The molecule has 1 aromatic carbocycles. The Bertz CT molecular complexity index is 1050. The molecule has 0 saturated heterocycles. The van der Waals surface area contributed by atoms with Crippen LogP contribution in [0, 0.1) is 17.0 Å². The second kappa shape index (κ2) is 7.81. The molecule has 1 amide bonds. The number of carbonyl (C=O) groups excluding carboxylic acids is 1. The highest BCUT2D eigenvalue weighted by Crippen LogP contribution is 2.20. The van der Waals surface area contributed by atoms with E-state index in [0.29, 0.717) is 18.5 Å². The van der Waals surface area contributed by atoms with E-state index < -0.39 is 10.7 Å². The van der Waals surface area contributed by atoms with E-state index >= 15 is 0 Å². The number of hydrogen-bond acceptors (Lipinski definition) is 6. The Morgan fingerprint density at radius 2 is 2.15 bits per heavy atom. The van der Waals surface area contributed by atoms with E-state index in [0.717, 1.165) is 11.4 Å². The number of nitrogens with zero attached hydrogens (tertiary/aromatic N) is 3. The largest absolute Gasteiger partial charge is 0.419 e. The van der Waals surface area contributed by atoms with Gasteiger partial charge >= 0.3 is 5.76 Å². The minimum atomic E-state index is -0.602. The number of pyridine rings is 1. The number of amides is 1. The number of rotatable bonds is 7. The van der Waals surface area contributed by atoms with Gasteiger partial charge in [0.05, 0.1) is 28.7 Å². The maximum absolute atomic E-state index is 12.0. The van der Waals surface area contributed by atoms with Crippen molar-refractivity contribution in [3.05, 3.63) is 68.5 Å². The first-order valence-electron chi connectivity index (χ1n) is 8.41. The van der Waals surface area contributed by atoms with Crippen LogP contribution in [0.3, 0.4) is 0 Å². The zero-order valence-electron chi connectivity index (χ0n) is 14.7. The fourth-order valence-corrected chi connectivity index (χ4v) is 2.75. The maximum Gasteiger partial charge on any atom is 0.419 e. The van der Waals surface area contributed by atoms with Gasteiger partial charge in [-0.05, 0) is 31.5 Å². The fraction of sp³-hybridized carbons (Fsp3) is 0.278. The average molecular weight is 370 g/mol. The highest BCUT2D eigenvalue weighted by Gasteiger charge is 2.14. The lowest BCUT2D eigenvalue weighted by Crippen LogP contribution is -2.24. The van der Waals surface area contributed by atoms with E-state index in [1.807, 2.05) is 25.1 Å². The van der Waals surface area contributed by atoms with Crippen LogP contribution >= 0.6 is 0 Å². The van der Waals surface area contributed by atoms with Crippen molar-refractivity contribution in [1.82, 2.24) is 14.9 Å². The summed E-state index contributed by atoms with van der Waals surface area (Å²) in [6.45, 7) is 2.51. The Balaban J connectivity index is 1.57. The highest BCUT2D eigenvalue weighted by atomic mass is 16.6. The quantitative estimate of drug-likeness (QED) is 0.503. The molecule has 0 radical (unpaired) electrons. The molecule has 140 valence electrons. The molecule has 0 unspecified atom stereocenters. The third kappa shape index (κ3) is 4.38. The summed E-state index contributed by atoms with van der Waals surface area (Å²) in [5, 5.41) is 13.6. The van der Waals surface area contributed by atoms with E-state index in [9.17, 15) is 19.7 Å². The third-order valence-corrected chi connectivity index (χ3v) is 4.06. The summed E-state index contributed by atoms with van der Waals surface area (Å²) in [4.78, 5) is 38.5. The number of nitro groups is 1.